The molecular formula is C16H14ClF3N6O. The minimum Gasteiger partial charge on any atom is -0.288 e. The standard InChI is InChI=1S/C16H14ClF3N6O/c1-9-3-5-10(6-4-9)7-26-8-21-15(24-26)22-14(27)12-11(17)13(16(18,19)20)25(2)23-12/h3-6,8H,7H2,1-2H3,(H,22,24,27). The number of aromatic nitrogens is 5. The van der Waals surface area contributed by atoms with E-state index in [1.54, 1.807) is 0 Å². The van der Waals surface area contributed by atoms with Crippen molar-refractivity contribution < 1.29 is 18.0 Å². The maximum atomic E-state index is 12.9. The third kappa shape index (κ3) is 4.11. The Morgan fingerprint density at radius 1 is 1.22 bits per heavy atom. The summed E-state index contributed by atoms with van der Waals surface area (Å²) in [7, 11) is 1.06. The highest BCUT2D eigenvalue weighted by Gasteiger charge is 2.40. The Bertz CT molecular complexity index is 977. The molecule has 0 bridgehead atoms. The first kappa shape index (κ1) is 18.9. The lowest BCUT2D eigenvalue weighted by molar-refractivity contribution is -0.143. The van der Waals surface area contributed by atoms with Crippen LogP contribution in [0, 0.1) is 6.92 Å². The number of carbonyl (C=O) groups is 1. The maximum absolute atomic E-state index is 12.9. The molecule has 0 aliphatic rings. The molecule has 2 heterocycles. The second-order valence-corrected chi connectivity index (χ2v) is 6.22. The van der Waals surface area contributed by atoms with Crippen molar-refractivity contribution in [2.45, 2.75) is 19.6 Å². The summed E-state index contributed by atoms with van der Waals surface area (Å²) < 4.78 is 40.8. The van der Waals surface area contributed by atoms with Crippen LogP contribution in [0.2, 0.25) is 5.02 Å². The quantitative estimate of drug-likeness (QED) is 0.731. The zero-order chi connectivity index (χ0) is 19.8. The molecule has 11 heteroatoms. The molecule has 1 amide bonds. The van der Waals surface area contributed by atoms with E-state index in [1.165, 1.54) is 11.0 Å². The highest BCUT2D eigenvalue weighted by Crippen LogP contribution is 2.36. The van der Waals surface area contributed by atoms with Crippen molar-refractivity contribution in [3.63, 3.8) is 0 Å². The van der Waals surface area contributed by atoms with Crippen LogP contribution < -0.4 is 5.32 Å². The van der Waals surface area contributed by atoms with Crippen LogP contribution in [-0.4, -0.2) is 30.5 Å². The van der Waals surface area contributed by atoms with Crippen LogP contribution in [0.1, 0.15) is 27.3 Å². The minimum atomic E-state index is -4.73. The Kier molecular flexibility index (Phi) is 4.92. The van der Waals surface area contributed by atoms with Gasteiger partial charge in [-0.25, -0.2) is 9.67 Å². The molecule has 0 aliphatic heterocycles. The van der Waals surface area contributed by atoms with Gasteiger partial charge >= 0.3 is 6.18 Å². The lowest BCUT2D eigenvalue weighted by Gasteiger charge is -2.06. The number of carbonyl (C=O) groups excluding carboxylic acids is 1. The number of nitrogens with one attached hydrogen (secondary N) is 1. The lowest BCUT2D eigenvalue weighted by Crippen LogP contribution is -2.15. The first-order chi connectivity index (χ1) is 12.6. The van der Waals surface area contributed by atoms with Gasteiger partial charge in [-0.05, 0) is 12.5 Å². The van der Waals surface area contributed by atoms with Gasteiger partial charge in [0.15, 0.2) is 11.4 Å². The van der Waals surface area contributed by atoms with E-state index in [9.17, 15) is 18.0 Å². The molecule has 142 valence electrons. The Morgan fingerprint density at radius 3 is 2.48 bits per heavy atom. The van der Waals surface area contributed by atoms with E-state index < -0.39 is 28.5 Å². The van der Waals surface area contributed by atoms with Crippen molar-refractivity contribution >= 4 is 23.5 Å². The maximum Gasteiger partial charge on any atom is 0.434 e. The average Bonchev–Trinajstić information content (AvgIpc) is 3.12. The van der Waals surface area contributed by atoms with Crippen LogP contribution in [0.15, 0.2) is 30.6 Å². The normalized spacial score (nSPS) is 11.6. The number of benzene rings is 1. The predicted octanol–water partition coefficient (Wildman–Crippen LogP) is 3.29. The number of hydrogen-bond acceptors (Lipinski definition) is 4. The van der Waals surface area contributed by atoms with Gasteiger partial charge in [0.05, 0.1) is 6.54 Å². The molecule has 3 aromatic rings. The molecule has 27 heavy (non-hydrogen) atoms. The summed E-state index contributed by atoms with van der Waals surface area (Å²) in [6.07, 6.45) is -3.33. The summed E-state index contributed by atoms with van der Waals surface area (Å²) in [6, 6.07) is 7.77. The number of aryl methyl sites for hydroxylation is 2. The summed E-state index contributed by atoms with van der Waals surface area (Å²) in [5.74, 6) is -0.999. The van der Waals surface area contributed by atoms with E-state index in [2.05, 4.69) is 20.5 Å². The number of hydrogen-bond donors (Lipinski definition) is 1. The van der Waals surface area contributed by atoms with E-state index in [-0.39, 0.29) is 5.95 Å². The Morgan fingerprint density at radius 2 is 1.89 bits per heavy atom. The monoisotopic (exact) mass is 398 g/mol. The number of rotatable bonds is 4. The summed E-state index contributed by atoms with van der Waals surface area (Å²) in [5, 5.41) is 9.14. The Labute approximate surface area is 156 Å². The minimum absolute atomic E-state index is 0.0672. The van der Waals surface area contributed by atoms with Crippen LogP contribution in [0.3, 0.4) is 0 Å². The molecule has 0 radical (unpaired) electrons. The van der Waals surface area contributed by atoms with Gasteiger partial charge in [0.25, 0.3) is 5.91 Å². The van der Waals surface area contributed by atoms with Crippen molar-refractivity contribution in [2.24, 2.45) is 7.05 Å². The zero-order valence-corrected chi connectivity index (χ0v) is 15.0. The van der Waals surface area contributed by atoms with Gasteiger partial charge in [-0.2, -0.15) is 18.3 Å². The molecule has 0 spiro atoms. The number of anilines is 1. The highest BCUT2D eigenvalue weighted by molar-refractivity contribution is 6.34. The molecule has 3 rings (SSSR count). The zero-order valence-electron chi connectivity index (χ0n) is 14.3. The van der Waals surface area contributed by atoms with Gasteiger partial charge in [0, 0.05) is 7.05 Å². The first-order valence-electron chi connectivity index (χ1n) is 7.71. The van der Waals surface area contributed by atoms with E-state index in [1.807, 2.05) is 31.2 Å². The van der Waals surface area contributed by atoms with Crippen molar-refractivity contribution in [1.82, 2.24) is 24.5 Å². The number of alkyl halides is 3. The molecule has 0 aliphatic carbocycles. The predicted molar refractivity (Wildman–Crippen MR) is 91.5 cm³/mol. The molecular weight excluding hydrogens is 385 g/mol. The van der Waals surface area contributed by atoms with Crippen LogP contribution in [0.5, 0.6) is 0 Å². The van der Waals surface area contributed by atoms with Gasteiger partial charge in [0.2, 0.25) is 5.95 Å². The summed E-state index contributed by atoms with van der Waals surface area (Å²) in [6.45, 7) is 2.39. The molecule has 0 unspecified atom stereocenters. The van der Waals surface area contributed by atoms with E-state index in [0.29, 0.717) is 11.2 Å². The Hall–Kier alpha value is -2.88. The fourth-order valence-electron chi connectivity index (χ4n) is 2.42. The lowest BCUT2D eigenvalue weighted by atomic mass is 10.1. The highest BCUT2D eigenvalue weighted by atomic mass is 35.5. The number of halogens is 4. The van der Waals surface area contributed by atoms with Crippen LogP contribution >= 0.6 is 11.6 Å². The molecule has 1 aromatic carbocycles. The molecule has 0 fully saturated rings. The van der Waals surface area contributed by atoms with Crippen LogP contribution in [0.25, 0.3) is 0 Å². The number of amides is 1. The van der Waals surface area contributed by atoms with Crippen LogP contribution in [-0.2, 0) is 19.8 Å². The second kappa shape index (κ2) is 7.03. The SMILES string of the molecule is Cc1ccc(Cn2cnc(NC(=O)c3nn(C)c(C(F)(F)F)c3Cl)n2)cc1. The van der Waals surface area contributed by atoms with Crippen molar-refractivity contribution in [1.29, 1.82) is 0 Å². The van der Waals surface area contributed by atoms with Gasteiger partial charge < -0.3 is 0 Å². The fourth-order valence-corrected chi connectivity index (χ4v) is 2.77. The van der Waals surface area contributed by atoms with Gasteiger partial charge in [-0.15, -0.1) is 5.10 Å². The molecule has 7 nitrogen and oxygen atoms in total. The third-order valence-corrected chi connectivity index (χ3v) is 4.06. The van der Waals surface area contributed by atoms with E-state index >= 15 is 0 Å². The van der Waals surface area contributed by atoms with E-state index in [0.717, 1.165) is 18.2 Å². The Balaban J connectivity index is 1.74. The van der Waals surface area contributed by atoms with Crippen molar-refractivity contribution in [2.75, 3.05) is 5.32 Å². The summed E-state index contributed by atoms with van der Waals surface area (Å²) in [4.78, 5) is 16.1. The largest absolute Gasteiger partial charge is 0.434 e. The summed E-state index contributed by atoms with van der Waals surface area (Å²) in [5.41, 5.74) is 0.343. The molecule has 0 saturated heterocycles. The topological polar surface area (TPSA) is 77.6 Å². The van der Waals surface area contributed by atoms with Gasteiger partial charge in [0.1, 0.15) is 11.3 Å². The molecule has 0 saturated carbocycles. The van der Waals surface area contributed by atoms with Gasteiger partial charge in [-0.3, -0.25) is 14.8 Å². The average molecular weight is 399 g/mol. The first-order valence-corrected chi connectivity index (χ1v) is 8.09. The third-order valence-electron chi connectivity index (χ3n) is 3.70. The fraction of sp³-hybridized carbons (Fsp3) is 0.250. The van der Waals surface area contributed by atoms with Crippen LogP contribution in [0.4, 0.5) is 19.1 Å². The summed E-state index contributed by atoms with van der Waals surface area (Å²) >= 11 is 5.69. The smallest absolute Gasteiger partial charge is 0.288 e. The molecule has 2 aromatic heterocycles. The van der Waals surface area contributed by atoms with Crippen molar-refractivity contribution in [3.05, 3.63) is 58.1 Å². The molecule has 1 N–H and O–H groups in total. The second-order valence-electron chi connectivity index (χ2n) is 5.84. The van der Waals surface area contributed by atoms with Gasteiger partial charge in [-0.1, -0.05) is 41.4 Å². The number of nitrogens with zero attached hydrogens (tertiary/aromatic N) is 5. The molecule has 0 atom stereocenters. The van der Waals surface area contributed by atoms with Crippen molar-refractivity contribution in [3.8, 4) is 0 Å². The van der Waals surface area contributed by atoms with E-state index in [4.69, 9.17) is 11.6 Å².